The molecule has 2 saturated carbocycles. The number of nitrogens with zero attached hydrogens (tertiary/aromatic N) is 2. The fourth-order valence-corrected chi connectivity index (χ4v) is 3.70. The second-order valence-electron chi connectivity index (χ2n) is 6.98. The van der Waals surface area contributed by atoms with E-state index in [-0.39, 0.29) is 24.0 Å². The minimum Gasteiger partial charge on any atom is -0.356 e. The third-order valence-electron chi connectivity index (χ3n) is 5.72. The van der Waals surface area contributed by atoms with Crippen LogP contribution in [0.3, 0.4) is 0 Å². The average Bonchev–Trinajstić information content (AvgIpc) is 2.98. The zero-order valence-electron chi connectivity index (χ0n) is 14.7. The lowest BCUT2D eigenvalue weighted by Gasteiger charge is -2.41. The fraction of sp³-hybridized carbons (Fsp3) is 0.941. The first-order valence-corrected chi connectivity index (χ1v) is 8.84. The quantitative estimate of drug-likeness (QED) is 0.376. The SMILES string of the molecule is CCC1(CNC(=NC)NCCN(C)C2CCCC2)CCC1.I. The molecule has 0 aliphatic heterocycles. The molecule has 0 spiro atoms. The Hall–Kier alpha value is -0.0400. The van der Waals surface area contributed by atoms with Crippen LogP contribution in [0.25, 0.3) is 0 Å². The van der Waals surface area contributed by atoms with Gasteiger partial charge in [-0.25, -0.2) is 0 Å². The van der Waals surface area contributed by atoms with E-state index in [4.69, 9.17) is 0 Å². The Kier molecular flexibility index (Phi) is 9.05. The molecular formula is C17H35IN4. The molecular weight excluding hydrogens is 387 g/mol. The summed E-state index contributed by atoms with van der Waals surface area (Å²) in [7, 11) is 4.13. The van der Waals surface area contributed by atoms with Gasteiger partial charge in [-0.1, -0.05) is 26.2 Å². The molecule has 0 aromatic heterocycles. The maximum Gasteiger partial charge on any atom is 0.191 e. The van der Waals surface area contributed by atoms with E-state index in [0.717, 1.165) is 31.6 Å². The van der Waals surface area contributed by atoms with Crippen LogP contribution in [0.1, 0.15) is 58.3 Å². The van der Waals surface area contributed by atoms with Crippen LogP contribution in [0.5, 0.6) is 0 Å². The van der Waals surface area contributed by atoms with Crippen molar-refractivity contribution < 1.29 is 0 Å². The van der Waals surface area contributed by atoms with E-state index in [1.54, 1.807) is 0 Å². The van der Waals surface area contributed by atoms with Crippen molar-refractivity contribution in [3.05, 3.63) is 0 Å². The first-order chi connectivity index (χ1) is 10.2. The molecule has 0 heterocycles. The fourth-order valence-electron chi connectivity index (χ4n) is 3.70. The highest BCUT2D eigenvalue weighted by atomic mass is 127. The van der Waals surface area contributed by atoms with Crippen LogP contribution >= 0.6 is 24.0 Å². The first-order valence-electron chi connectivity index (χ1n) is 8.84. The van der Waals surface area contributed by atoms with Gasteiger partial charge in [0.15, 0.2) is 5.96 Å². The van der Waals surface area contributed by atoms with Crippen molar-refractivity contribution in [1.82, 2.24) is 15.5 Å². The van der Waals surface area contributed by atoms with E-state index in [1.165, 1.54) is 51.4 Å². The highest BCUT2D eigenvalue weighted by molar-refractivity contribution is 14.0. The van der Waals surface area contributed by atoms with Gasteiger partial charge in [0.2, 0.25) is 0 Å². The Morgan fingerprint density at radius 2 is 1.86 bits per heavy atom. The van der Waals surface area contributed by atoms with E-state index >= 15 is 0 Å². The Bertz CT molecular complexity index is 330. The lowest BCUT2D eigenvalue weighted by Crippen LogP contribution is -2.47. The molecule has 2 aliphatic carbocycles. The highest BCUT2D eigenvalue weighted by Crippen LogP contribution is 2.42. The predicted molar refractivity (Wildman–Crippen MR) is 106 cm³/mol. The van der Waals surface area contributed by atoms with Crippen LogP contribution in [0, 0.1) is 5.41 Å². The molecule has 0 saturated heterocycles. The molecule has 0 radical (unpaired) electrons. The van der Waals surface area contributed by atoms with E-state index in [0.29, 0.717) is 5.41 Å². The molecule has 2 aliphatic rings. The molecule has 130 valence electrons. The molecule has 22 heavy (non-hydrogen) atoms. The third-order valence-corrected chi connectivity index (χ3v) is 5.72. The lowest BCUT2D eigenvalue weighted by atomic mass is 9.67. The zero-order valence-corrected chi connectivity index (χ0v) is 17.0. The number of hydrogen-bond acceptors (Lipinski definition) is 2. The molecule has 0 bridgehead atoms. The van der Waals surface area contributed by atoms with E-state index < -0.39 is 0 Å². The number of nitrogens with one attached hydrogen (secondary N) is 2. The van der Waals surface area contributed by atoms with Gasteiger partial charge in [-0.05, 0) is 44.6 Å². The van der Waals surface area contributed by atoms with Crippen LogP contribution in [-0.4, -0.2) is 50.6 Å². The van der Waals surface area contributed by atoms with Gasteiger partial charge in [0, 0.05) is 32.7 Å². The van der Waals surface area contributed by atoms with Gasteiger partial charge in [-0.3, -0.25) is 4.99 Å². The number of guanidine groups is 1. The molecule has 0 amide bonds. The molecule has 2 fully saturated rings. The van der Waals surface area contributed by atoms with Crippen molar-refractivity contribution in [2.24, 2.45) is 10.4 Å². The van der Waals surface area contributed by atoms with Crippen LogP contribution < -0.4 is 10.6 Å². The van der Waals surface area contributed by atoms with Crippen molar-refractivity contribution in [1.29, 1.82) is 0 Å². The summed E-state index contributed by atoms with van der Waals surface area (Å²) in [6.45, 7) is 5.46. The maximum absolute atomic E-state index is 4.35. The van der Waals surface area contributed by atoms with Crippen molar-refractivity contribution in [3.63, 3.8) is 0 Å². The Labute approximate surface area is 153 Å². The Morgan fingerprint density at radius 3 is 2.36 bits per heavy atom. The Balaban J connectivity index is 0.00000242. The Morgan fingerprint density at radius 1 is 1.18 bits per heavy atom. The van der Waals surface area contributed by atoms with E-state index in [1.807, 2.05) is 7.05 Å². The number of halogens is 1. The number of rotatable bonds is 7. The van der Waals surface area contributed by atoms with Crippen LogP contribution in [0.15, 0.2) is 4.99 Å². The van der Waals surface area contributed by atoms with Crippen LogP contribution in [0.4, 0.5) is 0 Å². The summed E-state index contributed by atoms with van der Waals surface area (Å²) in [4.78, 5) is 6.86. The second-order valence-corrected chi connectivity index (χ2v) is 6.98. The summed E-state index contributed by atoms with van der Waals surface area (Å²) in [6.07, 6.45) is 11.0. The monoisotopic (exact) mass is 422 g/mol. The van der Waals surface area contributed by atoms with Gasteiger partial charge in [0.1, 0.15) is 0 Å². The van der Waals surface area contributed by atoms with Gasteiger partial charge >= 0.3 is 0 Å². The summed E-state index contributed by atoms with van der Waals surface area (Å²) in [5, 5.41) is 6.99. The largest absolute Gasteiger partial charge is 0.356 e. The predicted octanol–water partition coefficient (Wildman–Crippen LogP) is 3.22. The molecule has 0 aromatic carbocycles. The smallest absolute Gasteiger partial charge is 0.191 e. The summed E-state index contributed by atoms with van der Waals surface area (Å²) in [5.41, 5.74) is 0.540. The van der Waals surface area contributed by atoms with E-state index in [2.05, 4.69) is 34.5 Å². The minimum atomic E-state index is 0. The number of likely N-dealkylation sites (N-methyl/N-ethyl adjacent to an activating group) is 1. The average molecular weight is 422 g/mol. The summed E-state index contributed by atoms with van der Waals surface area (Å²) in [6, 6.07) is 0.806. The molecule has 4 nitrogen and oxygen atoms in total. The summed E-state index contributed by atoms with van der Waals surface area (Å²) in [5.74, 6) is 0.967. The van der Waals surface area contributed by atoms with Crippen molar-refractivity contribution >= 4 is 29.9 Å². The van der Waals surface area contributed by atoms with Crippen molar-refractivity contribution in [2.75, 3.05) is 33.7 Å². The normalized spacial score (nSPS) is 21.4. The molecule has 0 unspecified atom stereocenters. The second kappa shape index (κ2) is 9.96. The maximum atomic E-state index is 4.35. The van der Waals surface area contributed by atoms with Gasteiger partial charge in [0.05, 0.1) is 0 Å². The first kappa shape index (κ1) is 20.0. The molecule has 2 rings (SSSR count). The molecule has 0 aromatic rings. The third kappa shape index (κ3) is 5.55. The van der Waals surface area contributed by atoms with Crippen LogP contribution in [-0.2, 0) is 0 Å². The number of aliphatic imine (C=N–C) groups is 1. The van der Waals surface area contributed by atoms with Crippen LogP contribution in [0.2, 0.25) is 0 Å². The molecule has 2 N–H and O–H groups in total. The van der Waals surface area contributed by atoms with Gasteiger partial charge in [-0.2, -0.15) is 0 Å². The standard InChI is InChI=1S/C17H34N4.HI/c1-4-17(10-7-11-17)14-20-16(18-2)19-12-13-21(3)15-8-5-6-9-15;/h15H,4-14H2,1-3H3,(H2,18,19,20);1H. The zero-order chi connectivity index (χ0) is 15.1. The van der Waals surface area contributed by atoms with Gasteiger partial charge < -0.3 is 15.5 Å². The van der Waals surface area contributed by atoms with Gasteiger partial charge in [-0.15, -0.1) is 24.0 Å². The summed E-state index contributed by atoms with van der Waals surface area (Å²) < 4.78 is 0. The molecule has 5 heteroatoms. The van der Waals surface area contributed by atoms with E-state index in [9.17, 15) is 0 Å². The summed E-state index contributed by atoms with van der Waals surface area (Å²) >= 11 is 0. The van der Waals surface area contributed by atoms with Crippen molar-refractivity contribution in [3.8, 4) is 0 Å². The van der Waals surface area contributed by atoms with Gasteiger partial charge in [0.25, 0.3) is 0 Å². The molecule has 0 atom stereocenters. The lowest BCUT2D eigenvalue weighted by molar-refractivity contribution is 0.131. The minimum absolute atomic E-state index is 0. The number of hydrogen-bond donors (Lipinski definition) is 2. The van der Waals surface area contributed by atoms with Crippen molar-refractivity contribution in [2.45, 2.75) is 64.3 Å². The highest BCUT2D eigenvalue weighted by Gasteiger charge is 2.34. The topological polar surface area (TPSA) is 39.7 Å².